The highest BCUT2D eigenvalue weighted by Gasteiger charge is 2.08. The van der Waals surface area contributed by atoms with Crippen LogP contribution in [0.25, 0.3) is 5.69 Å². The summed E-state index contributed by atoms with van der Waals surface area (Å²) < 4.78 is 1.77. The maximum atomic E-state index is 12.4. The molecule has 0 spiro atoms. The molecule has 26 heavy (non-hydrogen) atoms. The van der Waals surface area contributed by atoms with Gasteiger partial charge in [0.2, 0.25) is 0 Å². The minimum Gasteiger partial charge on any atom is -0.370 e. The number of rotatable bonds is 7. The third kappa shape index (κ3) is 4.30. The largest absolute Gasteiger partial charge is 0.370 e. The lowest BCUT2D eigenvalue weighted by Crippen LogP contribution is -2.35. The van der Waals surface area contributed by atoms with E-state index in [0.717, 1.165) is 18.8 Å². The third-order valence-corrected chi connectivity index (χ3v) is 4.31. The second kappa shape index (κ2) is 8.34. The van der Waals surface area contributed by atoms with E-state index in [1.807, 2.05) is 36.5 Å². The van der Waals surface area contributed by atoms with E-state index in [-0.39, 0.29) is 5.91 Å². The van der Waals surface area contributed by atoms with Gasteiger partial charge in [-0.25, -0.2) is 4.68 Å². The molecule has 0 aliphatic rings. The second-order valence-corrected chi connectivity index (χ2v) is 6.17. The highest BCUT2D eigenvalue weighted by atomic mass is 16.1. The van der Waals surface area contributed by atoms with Gasteiger partial charge in [-0.3, -0.25) is 4.79 Å². The minimum atomic E-state index is -0.0580. The number of carbonyl (C=O) groups is 1. The number of nitrogens with zero attached hydrogens (tertiary/aromatic N) is 3. The fraction of sp³-hybridized carbons (Fsp3) is 0.238. The highest BCUT2D eigenvalue weighted by Crippen LogP contribution is 2.15. The lowest BCUT2D eigenvalue weighted by atomic mass is 10.2. The van der Waals surface area contributed by atoms with Crippen molar-refractivity contribution in [2.75, 3.05) is 24.5 Å². The zero-order valence-corrected chi connectivity index (χ0v) is 15.2. The summed E-state index contributed by atoms with van der Waals surface area (Å²) in [6.07, 6.45) is 3.61. The Morgan fingerprint density at radius 1 is 1.15 bits per heavy atom. The fourth-order valence-corrected chi connectivity index (χ4v) is 2.89. The number of carbonyl (C=O) groups excluding carboxylic acids is 1. The van der Waals surface area contributed by atoms with E-state index in [9.17, 15) is 4.79 Å². The molecule has 0 aliphatic heterocycles. The Kier molecular flexibility index (Phi) is 5.69. The van der Waals surface area contributed by atoms with Crippen LogP contribution < -0.4 is 10.2 Å². The Bertz CT molecular complexity index is 841. The van der Waals surface area contributed by atoms with Crippen molar-refractivity contribution in [2.45, 2.75) is 13.8 Å². The van der Waals surface area contributed by atoms with Crippen LogP contribution in [0.5, 0.6) is 0 Å². The summed E-state index contributed by atoms with van der Waals surface area (Å²) in [4.78, 5) is 14.6. The quantitative estimate of drug-likeness (QED) is 0.712. The van der Waals surface area contributed by atoms with Gasteiger partial charge in [-0.05, 0) is 61.9 Å². The van der Waals surface area contributed by atoms with Crippen LogP contribution in [0.15, 0.2) is 67.0 Å². The van der Waals surface area contributed by atoms with E-state index in [0.29, 0.717) is 12.1 Å². The predicted molar refractivity (Wildman–Crippen MR) is 105 cm³/mol. The molecule has 0 unspecified atom stereocenters. The Balaban J connectivity index is 1.55. The molecule has 3 aromatic rings. The number of hydrogen-bond donors (Lipinski definition) is 1. The van der Waals surface area contributed by atoms with Crippen LogP contribution in [0.3, 0.4) is 0 Å². The van der Waals surface area contributed by atoms with Crippen molar-refractivity contribution >= 4 is 11.6 Å². The van der Waals surface area contributed by atoms with Gasteiger partial charge in [0.25, 0.3) is 5.91 Å². The molecule has 0 saturated heterocycles. The zero-order chi connectivity index (χ0) is 18.4. The summed E-state index contributed by atoms with van der Waals surface area (Å²) in [5, 5.41) is 7.18. The van der Waals surface area contributed by atoms with Crippen LogP contribution >= 0.6 is 0 Å². The highest BCUT2D eigenvalue weighted by molar-refractivity contribution is 5.94. The zero-order valence-electron chi connectivity index (χ0n) is 15.2. The topological polar surface area (TPSA) is 50.2 Å². The molecule has 3 rings (SSSR count). The maximum Gasteiger partial charge on any atom is 0.251 e. The standard InChI is InChI=1S/C21H24N4O/c1-3-24(20-7-4-6-17(2)16-20)15-13-22-21(26)18-8-10-19(11-9-18)25-14-5-12-23-25/h4-12,14,16H,3,13,15H2,1-2H3,(H,22,26). The van der Waals surface area contributed by atoms with E-state index in [4.69, 9.17) is 0 Å². The first-order valence-corrected chi connectivity index (χ1v) is 8.87. The number of benzene rings is 2. The fourth-order valence-electron chi connectivity index (χ4n) is 2.89. The van der Waals surface area contributed by atoms with E-state index in [1.54, 1.807) is 10.9 Å². The summed E-state index contributed by atoms with van der Waals surface area (Å²) >= 11 is 0. The molecule has 0 saturated carbocycles. The Labute approximate surface area is 154 Å². The van der Waals surface area contributed by atoms with Gasteiger partial charge in [0.15, 0.2) is 0 Å². The SMILES string of the molecule is CCN(CCNC(=O)c1ccc(-n2cccn2)cc1)c1cccc(C)c1. The summed E-state index contributed by atoms with van der Waals surface area (Å²) in [5.74, 6) is -0.0580. The smallest absolute Gasteiger partial charge is 0.251 e. The van der Waals surface area contributed by atoms with E-state index in [2.05, 4.69) is 53.4 Å². The van der Waals surface area contributed by atoms with Crippen molar-refractivity contribution in [3.05, 3.63) is 78.1 Å². The molecule has 1 aromatic heterocycles. The second-order valence-electron chi connectivity index (χ2n) is 6.17. The molecular weight excluding hydrogens is 324 g/mol. The molecular formula is C21H24N4O. The number of anilines is 1. The Morgan fingerprint density at radius 3 is 2.62 bits per heavy atom. The van der Waals surface area contributed by atoms with Crippen molar-refractivity contribution in [3.63, 3.8) is 0 Å². The van der Waals surface area contributed by atoms with Gasteiger partial charge >= 0.3 is 0 Å². The van der Waals surface area contributed by atoms with Crippen molar-refractivity contribution < 1.29 is 4.79 Å². The molecule has 0 radical (unpaired) electrons. The average Bonchev–Trinajstić information content (AvgIpc) is 3.20. The van der Waals surface area contributed by atoms with E-state index in [1.165, 1.54) is 11.3 Å². The first-order chi connectivity index (χ1) is 12.7. The number of amides is 1. The number of nitrogens with one attached hydrogen (secondary N) is 1. The minimum absolute atomic E-state index is 0.0580. The van der Waals surface area contributed by atoms with Gasteiger partial charge in [0.1, 0.15) is 0 Å². The molecule has 134 valence electrons. The first kappa shape index (κ1) is 17.7. The molecule has 5 heteroatoms. The number of aryl methyl sites for hydroxylation is 1. The molecule has 0 bridgehead atoms. The van der Waals surface area contributed by atoms with Crippen LogP contribution in [-0.2, 0) is 0 Å². The number of likely N-dealkylation sites (N-methyl/N-ethyl adjacent to an activating group) is 1. The van der Waals surface area contributed by atoms with Gasteiger partial charge in [0.05, 0.1) is 5.69 Å². The van der Waals surface area contributed by atoms with Crippen LogP contribution in [-0.4, -0.2) is 35.3 Å². The van der Waals surface area contributed by atoms with Gasteiger partial charge < -0.3 is 10.2 Å². The summed E-state index contributed by atoms with van der Waals surface area (Å²) in [6.45, 7) is 6.49. The normalized spacial score (nSPS) is 10.5. The molecule has 1 heterocycles. The van der Waals surface area contributed by atoms with Crippen LogP contribution in [0, 0.1) is 6.92 Å². The van der Waals surface area contributed by atoms with Gasteiger partial charge in [-0.1, -0.05) is 12.1 Å². The van der Waals surface area contributed by atoms with E-state index >= 15 is 0 Å². The summed E-state index contributed by atoms with van der Waals surface area (Å²) in [5.41, 5.74) is 4.01. The van der Waals surface area contributed by atoms with E-state index < -0.39 is 0 Å². The van der Waals surface area contributed by atoms with Gasteiger partial charge in [0, 0.05) is 43.3 Å². The molecule has 5 nitrogen and oxygen atoms in total. The number of hydrogen-bond acceptors (Lipinski definition) is 3. The lowest BCUT2D eigenvalue weighted by molar-refractivity contribution is 0.0954. The Hall–Kier alpha value is -3.08. The lowest BCUT2D eigenvalue weighted by Gasteiger charge is -2.23. The number of aromatic nitrogens is 2. The van der Waals surface area contributed by atoms with Crippen molar-refractivity contribution in [1.29, 1.82) is 0 Å². The average molecular weight is 348 g/mol. The molecule has 0 atom stereocenters. The summed E-state index contributed by atoms with van der Waals surface area (Å²) in [7, 11) is 0. The van der Waals surface area contributed by atoms with Gasteiger partial charge in [-0.2, -0.15) is 5.10 Å². The molecule has 1 N–H and O–H groups in total. The third-order valence-electron chi connectivity index (χ3n) is 4.31. The molecule has 1 amide bonds. The maximum absolute atomic E-state index is 12.4. The molecule has 0 fully saturated rings. The monoisotopic (exact) mass is 348 g/mol. The first-order valence-electron chi connectivity index (χ1n) is 8.87. The van der Waals surface area contributed by atoms with Crippen LogP contribution in [0.2, 0.25) is 0 Å². The van der Waals surface area contributed by atoms with Crippen LogP contribution in [0.4, 0.5) is 5.69 Å². The summed E-state index contributed by atoms with van der Waals surface area (Å²) in [6, 6.07) is 17.7. The molecule has 2 aromatic carbocycles. The molecule has 0 aliphatic carbocycles. The van der Waals surface area contributed by atoms with Crippen LogP contribution in [0.1, 0.15) is 22.8 Å². The predicted octanol–water partition coefficient (Wildman–Crippen LogP) is 3.44. The van der Waals surface area contributed by atoms with Crippen molar-refractivity contribution in [2.24, 2.45) is 0 Å². The Morgan fingerprint density at radius 2 is 1.96 bits per heavy atom. The van der Waals surface area contributed by atoms with Crippen molar-refractivity contribution in [3.8, 4) is 5.69 Å². The van der Waals surface area contributed by atoms with Gasteiger partial charge in [-0.15, -0.1) is 0 Å². The van der Waals surface area contributed by atoms with Crippen molar-refractivity contribution in [1.82, 2.24) is 15.1 Å².